The smallest absolute Gasteiger partial charge is 0.201 e. The number of nitrogens with zero attached hydrogens (tertiary/aromatic N) is 2. The summed E-state index contributed by atoms with van der Waals surface area (Å²) in [5.74, 6) is 3.15. The molecule has 0 aliphatic carbocycles. The number of rotatable bonds is 4. The average molecular weight is 307 g/mol. The highest BCUT2D eigenvalue weighted by atomic mass is 32.2. The molecule has 0 bridgehead atoms. The number of fused-ring (bicyclic) bond motifs is 1. The highest BCUT2D eigenvalue weighted by molar-refractivity contribution is 8.00. The molecule has 0 radical (unpaired) electrons. The summed E-state index contributed by atoms with van der Waals surface area (Å²) in [6.45, 7) is 3.17. The van der Waals surface area contributed by atoms with Gasteiger partial charge in [-0.25, -0.2) is 4.98 Å². The molecule has 2 heterocycles. The molecule has 3 rings (SSSR count). The maximum atomic E-state index is 6.13. The summed E-state index contributed by atoms with van der Waals surface area (Å²) in [5.41, 5.74) is 7.98. The van der Waals surface area contributed by atoms with E-state index in [4.69, 9.17) is 15.2 Å². The Balaban J connectivity index is 2.07. The molecular formula is C15H21N3O2S. The standard InChI is InChI=1S/C15H21N3O2S/c1-15(5-4-6-21-15)9-18-11-8-13(20-3)12(19-2)7-10(11)17-14(18)16/h7-8H,4-6,9H2,1-3H3,(H2,16,17). The van der Waals surface area contributed by atoms with Crippen LogP contribution in [0.3, 0.4) is 0 Å². The number of imidazole rings is 1. The number of hydrogen-bond donors (Lipinski definition) is 1. The minimum Gasteiger partial charge on any atom is -0.493 e. The van der Waals surface area contributed by atoms with Crippen LogP contribution in [0, 0.1) is 0 Å². The predicted octanol–water partition coefficient (Wildman–Crippen LogP) is 2.92. The van der Waals surface area contributed by atoms with Crippen LogP contribution >= 0.6 is 11.8 Å². The van der Waals surface area contributed by atoms with E-state index in [-0.39, 0.29) is 4.75 Å². The van der Waals surface area contributed by atoms with Gasteiger partial charge in [0.2, 0.25) is 5.95 Å². The van der Waals surface area contributed by atoms with Crippen molar-refractivity contribution in [1.29, 1.82) is 0 Å². The highest BCUT2D eigenvalue weighted by Gasteiger charge is 2.31. The van der Waals surface area contributed by atoms with Crippen molar-refractivity contribution in [3.63, 3.8) is 0 Å². The van der Waals surface area contributed by atoms with Crippen LogP contribution in [-0.2, 0) is 6.54 Å². The molecule has 1 unspecified atom stereocenters. The first-order chi connectivity index (χ1) is 10.1. The number of thioether (sulfide) groups is 1. The number of anilines is 1. The number of aromatic nitrogens is 2. The minimum absolute atomic E-state index is 0.231. The number of nitrogens with two attached hydrogens (primary N) is 1. The van der Waals surface area contributed by atoms with Crippen LogP contribution in [0.4, 0.5) is 5.95 Å². The van der Waals surface area contributed by atoms with E-state index >= 15 is 0 Å². The zero-order valence-corrected chi connectivity index (χ0v) is 13.5. The first kappa shape index (κ1) is 14.4. The lowest BCUT2D eigenvalue weighted by atomic mass is 10.1. The van der Waals surface area contributed by atoms with E-state index < -0.39 is 0 Å². The van der Waals surface area contributed by atoms with Gasteiger partial charge in [-0.2, -0.15) is 11.8 Å². The van der Waals surface area contributed by atoms with Gasteiger partial charge in [0.05, 0.1) is 25.3 Å². The van der Waals surface area contributed by atoms with Crippen molar-refractivity contribution in [3.8, 4) is 11.5 Å². The van der Waals surface area contributed by atoms with Crippen LogP contribution in [0.5, 0.6) is 11.5 Å². The molecule has 5 nitrogen and oxygen atoms in total. The SMILES string of the molecule is COc1cc2nc(N)n(CC3(C)CCCS3)c2cc1OC. The van der Waals surface area contributed by atoms with Crippen molar-refractivity contribution in [2.24, 2.45) is 0 Å². The Bertz CT molecular complexity index is 662. The number of nitrogen functional groups attached to an aromatic ring is 1. The van der Waals surface area contributed by atoms with Gasteiger partial charge in [-0.1, -0.05) is 0 Å². The molecule has 1 aromatic heterocycles. The molecule has 2 N–H and O–H groups in total. The molecule has 0 saturated carbocycles. The number of benzene rings is 1. The fraction of sp³-hybridized carbons (Fsp3) is 0.533. The summed E-state index contributed by atoms with van der Waals surface area (Å²) in [4.78, 5) is 4.47. The lowest BCUT2D eigenvalue weighted by molar-refractivity contribution is 0.355. The molecular weight excluding hydrogens is 286 g/mol. The molecule has 0 spiro atoms. The molecule has 0 amide bonds. The third-order valence-corrected chi connectivity index (χ3v) is 5.60. The quantitative estimate of drug-likeness (QED) is 0.941. The van der Waals surface area contributed by atoms with Crippen molar-refractivity contribution in [1.82, 2.24) is 9.55 Å². The Morgan fingerprint density at radius 3 is 2.67 bits per heavy atom. The van der Waals surface area contributed by atoms with Crippen LogP contribution in [0.25, 0.3) is 11.0 Å². The molecule has 21 heavy (non-hydrogen) atoms. The summed E-state index contributed by atoms with van der Waals surface area (Å²) >= 11 is 2.02. The number of ether oxygens (including phenoxy) is 2. The van der Waals surface area contributed by atoms with Crippen molar-refractivity contribution < 1.29 is 9.47 Å². The minimum atomic E-state index is 0.231. The van der Waals surface area contributed by atoms with Crippen LogP contribution in [0.2, 0.25) is 0 Å². The molecule has 114 valence electrons. The van der Waals surface area contributed by atoms with Gasteiger partial charge in [0.15, 0.2) is 11.5 Å². The second-order valence-electron chi connectivity index (χ2n) is 5.65. The first-order valence-electron chi connectivity index (χ1n) is 7.08. The van der Waals surface area contributed by atoms with E-state index in [9.17, 15) is 0 Å². The highest BCUT2D eigenvalue weighted by Crippen LogP contribution is 2.41. The molecule has 2 aromatic rings. The second-order valence-corrected chi connectivity index (χ2v) is 7.34. The summed E-state index contributed by atoms with van der Waals surface area (Å²) in [6, 6.07) is 3.84. The predicted molar refractivity (Wildman–Crippen MR) is 87.3 cm³/mol. The Hall–Kier alpha value is -1.56. The largest absolute Gasteiger partial charge is 0.493 e. The lowest BCUT2D eigenvalue weighted by Crippen LogP contribution is -2.24. The zero-order chi connectivity index (χ0) is 15.0. The maximum absolute atomic E-state index is 6.13. The molecule has 1 aliphatic heterocycles. The zero-order valence-electron chi connectivity index (χ0n) is 12.7. The Morgan fingerprint density at radius 1 is 1.33 bits per heavy atom. The third-order valence-electron chi connectivity index (χ3n) is 4.08. The van der Waals surface area contributed by atoms with Crippen molar-refractivity contribution in [2.45, 2.75) is 31.1 Å². The summed E-state index contributed by atoms with van der Waals surface area (Å²) in [7, 11) is 3.27. The number of hydrogen-bond acceptors (Lipinski definition) is 5. The van der Waals surface area contributed by atoms with Gasteiger partial charge in [0, 0.05) is 23.4 Å². The van der Waals surface area contributed by atoms with Crippen molar-refractivity contribution >= 4 is 28.7 Å². The molecule has 1 fully saturated rings. The van der Waals surface area contributed by atoms with E-state index in [2.05, 4.69) is 16.5 Å². The van der Waals surface area contributed by atoms with Gasteiger partial charge in [-0.15, -0.1) is 0 Å². The molecule has 6 heteroatoms. The lowest BCUT2D eigenvalue weighted by Gasteiger charge is -2.24. The van der Waals surface area contributed by atoms with E-state index in [1.165, 1.54) is 18.6 Å². The van der Waals surface area contributed by atoms with Crippen molar-refractivity contribution in [2.75, 3.05) is 25.7 Å². The topological polar surface area (TPSA) is 62.3 Å². The van der Waals surface area contributed by atoms with E-state index in [1.807, 2.05) is 23.9 Å². The van der Waals surface area contributed by atoms with E-state index in [0.29, 0.717) is 17.4 Å². The number of methoxy groups -OCH3 is 2. The fourth-order valence-electron chi connectivity index (χ4n) is 2.93. The Morgan fingerprint density at radius 2 is 2.05 bits per heavy atom. The second kappa shape index (κ2) is 5.33. The first-order valence-corrected chi connectivity index (χ1v) is 8.06. The van der Waals surface area contributed by atoms with Crippen LogP contribution in [0.1, 0.15) is 19.8 Å². The van der Waals surface area contributed by atoms with E-state index in [0.717, 1.165) is 17.6 Å². The van der Waals surface area contributed by atoms with E-state index in [1.54, 1.807) is 14.2 Å². The Labute approximate surface area is 128 Å². The summed E-state index contributed by atoms with van der Waals surface area (Å²) < 4.78 is 13.0. The van der Waals surface area contributed by atoms with Crippen molar-refractivity contribution in [3.05, 3.63) is 12.1 Å². The summed E-state index contributed by atoms with van der Waals surface area (Å²) in [5, 5.41) is 0. The molecule has 1 atom stereocenters. The van der Waals surface area contributed by atoms with Gasteiger partial charge >= 0.3 is 0 Å². The maximum Gasteiger partial charge on any atom is 0.201 e. The third kappa shape index (κ3) is 2.52. The van der Waals surface area contributed by atoms with Gasteiger partial charge < -0.3 is 19.8 Å². The fourth-order valence-corrected chi connectivity index (χ4v) is 4.22. The van der Waals surface area contributed by atoms with Crippen LogP contribution in [-0.4, -0.2) is 34.3 Å². The van der Waals surface area contributed by atoms with Crippen LogP contribution < -0.4 is 15.2 Å². The molecule has 1 saturated heterocycles. The van der Waals surface area contributed by atoms with Gasteiger partial charge in [0.1, 0.15) is 0 Å². The summed E-state index contributed by atoms with van der Waals surface area (Å²) in [6.07, 6.45) is 2.48. The Kier molecular flexibility index (Phi) is 3.65. The normalized spacial score (nSPS) is 21.9. The molecule has 1 aliphatic rings. The molecule has 1 aromatic carbocycles. The van der Waals surface area contributed by atoms with Gasteiger partial charge in [0.25, 0.3) is 0 Å². The van der Waals surface area contributed by atoms with Gasteiger partial charge in [-0.05, 0) is 25.5 Å². The van der Waals surface area contributed by atoms with Gasteiger partial charge in [-0.3, -0.25) is 0 Å². The monoisotopic (exact) mass is 307 g/mol. The van der Waals surface area contributed by atoms with Crippen LogP contribution in [0.15, 0.2) is 12.1 Å². The average Bonchev–Trinajstić information content (AvgIpc) is 3.02.